The van der Waals surface area contributed by atoms with Crippen LogP contribution in [0.4, 0.5) is 0 Å². The molecule has 8 heteroatoms. The Morgan fingerprint density at radius 1 is 1.17 bits per heavy atom. The minimum Gasteiger partial charge on any atom is -0.465 e. The Bertz CT molecular complexity index is 970. The fraction of sp³-hybridized carbons (Fsp3) is 0.238. The summed E-state index contributed by atoms with van der Waals surface area (Å²) in [6, 6.07) is 14.8. The summed E-state index contributed by atoms with van der Waals surface area (Å²) < 4.78 is 10.8. The second-order valence-corrected chi connectivity index (χ2v) is 6.30. The summed E-state index contributed by atoms with van der Waals surface area (Å²) in [5, 5.41) is 14.6. The predicted molar refractivity (Wildman–Crippen MR) is 104 cm³/mol. The van der Waals surface area contributed by atoms with E-state index in [9.17, 15) is 19.7 Å². The van der Waals surface area contributed by atoms with Gasteiger partial charge in [-0.25, -0.2) is 0 Å². The number of nitrogens with one attached hydrogen (secondary N) is 1. The van der Waals surface area contributed by atoms with Gasteiger partial charge < -0.3 is 14.8 Å². The number of Topliss-reactive ketones (excluding diaryl/α,β-unsaturated/α-hetero) is 1. The summed E-state index contributed by atoms with van der Waals surface area (Å²) in [6.45, 7) is 1.65. The van der Waals surface area contributed by atoms with Gasteiger partial charge in [-0.2, -0.15) is 0 Å². The predicted octanol–water partition coefficient (Wildman–Crippen LogP) is 2.89. The summed E-state index contributed by atoms with van der Waals surface area (Å²) in [6.07, 6.45) is 0. The second-order valence-electron chi connectivity index (χ2n) is 6.30. The highest BCUT2D eigenvalue weighted by Crippen LogP contribution is 2.44. The van der Waals surface area contributed by atoms with Gasteiger partial charge in [0.2, 0.25) is 0 Å². The number of hydrogen-bond donors (Lipinski definition) is 1. The Labute approximate surface area is 167 Å². The van der Waals surface area contributed by atoms with Crippen LogP contribution in [0.2, 0.25) is 0 Å². The van der Waals surface area contributed by atoms with Gasteiger partial charge in [0.05, 0.1) is 11.5 Å². The lowest BCUT2D eigenvalue weighted by atomic mass is 9.78. The molecule has 0 saturated heterocycles. The van der Waals surface area contributed by atoms with Gasteiger partial charge in [-0.1, -0.05) is 48.5 Å². The third kappa shape index (κ3) is 3.82. The first-order valence-electron chi connectivity index (χ1n) is 9.08. The molecule has 29 heavy (non-hydrogen) atoms. The molecule has 1 N–H and O–H groups in total. The first-order chi connectivity index (χ1) is 14.0. The lowest BCUT2D eigenvalue weighted by Crippen LogP contribution is -2.38. The lowest BCUT2D eigenvalue weighted by molar-refractivity contribution is -0.434. The smallest absolute Gasteiger partial charge is 0.318 e. The monoisotopic (exact) mass is 396 g/mol. The highest BCUT2D eigenvalue weighted by atomic mass is 16.6. The topological polar surface area (TPSA) is 108 Å². The van der Waals surface area contributed by atoms with E-state index in [1.54, 1.807) is 61.5 Å². The summed E-state index contributed by atoms with van der Waals surface area (Å²) >= 11 is 0. The molecule has 0 fully saturated rings. The molecule has 2 aromatic carbocycles. The van der Waals surface area contributed by atoms with Crippen LogP contribution in [0.15, 0.2) is 66.2 Å². The molecule has 0 bridgehead atoms. The molecule has 2 aromatic rings. The van der Waals surface area contributed by atoms with Gasteiger partial charge in [0.15, 0.2) is 5.78 Å². The van der Waals surface area contributed by atoms with Gasteiger partial charge in [-0.15, -0.1) is 0 Å². The van der Waals surface area contributed by atoms with E-state index < -0.39 is 34.2 Å². The van der Waals surface area contributed by atoms with Crippen molar-refractivity contribution in [2.24, 2.45) is 5.92 Å². The zero-order valence-electron chi connectivity index (χ0n) is 16.0. The third-order valence-corrected chi connectivity index (χ3v) is 4.63. The molecule has 0 aliphatic carbocycles. The maximum Gasteiger partial charge on any atom is 0.318 e. The maximum absolute atomic E-state index is 13.3. The molecule has 2 unspecified atom stereocenters. The normalized spacial score (nSPS) is 16.3. The van der Waals surface area contributed by atoms with Gasteiger partial charge in [-0.3, -0.25) is 19.7 Å². The SMILES string of the molecule is CCOC(=O)C(C(=O)c1ccccc1)C1C([N+](=O)[O-])=C(NC)Oc2ccccc21. The van der Waals surface area contributed by atoms with Crippen molar-refractivity contribution in [3.63, 3.8) is 0 Å². The lowest BCUT2D eigenvalue weighted by Gasteiger charge is -2.29. The fourth-order valence-electron chi connectivity index (χ4n) is 3.40. The number of nitro groups is 1. The molecular weight excluding hydrogens is 376 g/mol. The van der Waals surface area contributed by atoms with Crippen LogP contribution in [0.5, 0.6) is 5.75 Å². The molecule has 0 spiro atoms. The minimum atomic E-state index is -1.44. The molecule has 1 aliphatic rings. The molecule has 0 saturated carbocycles. The van der Waals surface area contributed by atoms with Crippen molar-refractivity contribution in [2.75, 3.05) is 13.7 Å². The Balaban J connectivity index is 2.23. The molecule has 0 aromatic heterocycles. The van der Waals surface area contributed by atoms with Crippen molar-refractivity contribution >= 4 is 11.8 Å². The summed E-state index contributed by atoms with van der Waals surface area (Å²) in [5.74, 6) is -3.77. The molecule has 1 heterocycles. The summed E-state index contributed by atoms with van der Waals surface area (Å²) in [4.78, 5) is 37.5. The van der Waals surface area contributed by atoms with Crippen molar-refractivity contribution in [3.8, 4) is 5.75 Å². The number of nitrogens with zero attached hydrogens (tertiary/aromatic N) is 1. The largest absolute Gasteiger partial charge is 0.465 e. The number of allylic oxidation sites excluding steroid dienone is 1. The van der Waals surface area contributed by atoms with Crippen molar-refractivity contribution in [3.05, 3.63) is 87.4 Å². The number of ether oxygens (including phenoxy) is 2. The first kappa shape index (κ1) is 20.1. The zero-order chi connectivity index (χ0) is 21.0. The van der Waals surface area contributed by atoms with Crippen LogP contribution in [0.1, 0.15) is 28.8 Å². The number of benzene rings is 2. The van der Waals surface area contributed by atoms with E-state index in [2.05, 4.69) is 5.32 Å². The zero-order valence-corrected chi connectivity index (χ0v) is 16.0. The fourth-order valence-corrected chi connectivity index (χ4v) is 3.40. The highest BCUT2D eigenvalue weighted by Gasteiger charge is 2.49. The molecule has 0 radical (unpaired) electrons. The van der Waals surface area contributed by atoms with Crippen molar-refractivity contribution in [1.82, 2.24) is 5.32 Å². The van der Waals surface area contributed by atoms with Crippen LogP contribution < -0.4 is 10.1 Å². The molecule has 8 nitrogen and oxygen atoms in total. The van der Waals surface area contributed by atoms with E-state index in [4.69, 9.17) is 9.47 Å². The van der Waals surface area contributed by atoms with Crippen molar-refractivity contribution < 1.29 is 24.0 Å². The number of ketones is 1. The van der Waals surface area contributed by atoms with E-state index in [1.807, 2.05) is 0 Å². The van der Waals surface area contributed by atoms with Crippen LogP contribution in [-0.2, 0) is 9.53 Å². The van der Waals surface area contributed by atoms with Crippen LogP contribution in [0, 0.1) is 16.0 Å². The Morgan fingerprint density at radius 3 is 2.45 bits per heavy atom. The number of para-hydroxylation sites is 1. The summed E-state index contributed by atoms with van der Waals surface area (Å²) in [7, 11) is 1.47. The molecule has 150 valence electrons. The van der Waals surface area contributed by atoms with E-state index in [1.165, 1.54) is 7.05 Å². The average Bonchev–Trinajstić information content (AvgIpc) is 2.73. The Kier molecular flexibility index (Phi) is 5.92. The average molecular weight is 396 g/mol. The molecule has 0 amide bonds. The minimum absolute atomic E-state index is 0.0403. The molecule has 3 rings (SSSR count). The van der Waals surface area contributed by atoms with Gasteiger partial charge in [-0.05, 0) is 13.0 Å². The van der Waals surface area contributed by atoms with Gasteiger partial charge in [0, 0.05) is 18.2 Å². The molecule has 1 aliphatic heterocycles. The van der Waals surface area contributed by atoms with Crippen molar-refractivity contribution in [1.29, 1.82) is 0 Å². The second kappa shape index (κ2) is 8.55. The number of fused-ring (bicyclic) bond motifs is 1. The van der Waals surface area contributed by atoms with E-state index in [0.29, 0.717) is 11.3 Å². The van der Waals surface area contributed by atoms with Crippen LogP contribution in [0.25, 0.3) is 0 Å². The van der Waals surface area contributed by atoms with Gasteiger partial charge in [0.25, 0.3) is 5.88 Å². The van der Waals surface area contributed by atoms with Gasteiger partial charge >= 0.3 is 11.7 Å². The number of rotatable bonds is 7. The van der Waals surface area contributed by atoms with Crippen LogP contribution in [0.3, 0.4) is 0 Å². The van der Waals surface area contributed by atoms with Crippen LogP contribution >= 0.6 is 0 Å². The maximum atomic E-state index is 13.3. The Morgan fingerprint density at radius 2 is 1.83 bits per heavy atom. The van der Waals surface area contributed by atoms with Crippen molar-refractivity contribution in [2.45, 2.75) is 12.8 Å². The molecule has 2 atom stereocenters. The number of carbonyl (C=O) groups is 2. The summed E-state index contributed by atoms with van der Waals surface area (Å²) in [5.41, 5.74) is 0.248. The molecular formula is C21H20N2O6. The highest BCUT2D eigenvalue weighted by molar-refractivity contribution is 6.09. The first-order valence-corrected chi connectivity index (χ1v) is 9.08. The standard InChI is InChI=1S/C21H20N2O6/c1-3-28-21(25)17(19(24)13-9-5-4-6-10-13)16-14-11-7-8-12-15(14)29-20(22-2)18(16)23(26)27/h4-12,16-17,22H,3H2,1-2H3. The van der Waals surface area contributed by atoms with E-state index in [0.717, 1.165) is 0 Å². The third-order valence-electron chi connectivity index (χ3n) is 4.63. The quantitative estimate of drug-likeness (QED) is 0.252. The van der Waals surface area contributed by atoms with Crippen LogP contribution in [-0.4, -0.2) is 30.3 Å². The van der Waals surface area contributed by atoms with Gasteiger partial charge in [0.1, 0.15) is 17.6 Å². The number of carbonyl (C=O) groups excluding carboxylic acids is 2. The number of hydrogen-bond acceptors (Lipinski definition) is 7. The van der Waals surface area contributed by atoms with E-state index >= 15 is 0 Å². The number of esters is 1. The Hall–Kier alpha value is -3.68. The van der Waals surface area contributed by atoms with E-state index in [-0.39, 0.29) is 18.1 Å².